The van der Waals surface area contributed by atoms with Gasteiger partial charge >= 0.3 is 0 Å². The van der Waals surface area contributed by atoms with E-state index in [0.717, 1.165) is 6.61 Å². The van der Waals surface area contributed by atoms with Gasteiger partial charge in [0.15, 0.2) is 0 Å². The van der Waals surface area contributed by atoms with E-state index < -0.39 is 0 Å². The summed E-state index contributed by atoms with van der Waals surface area (Å²) in [5.74, 6) is 0.701. The molecule has 0 aromatic carbocycles. The lowest BCUT2D eigenvalue weighted by Crippen LogP contribution is -2.48. The molecule has 2 nitrogen and oxygen atoms in total. The Morgan fingerprint density at radius 1 is 1.38 bits per heavy atom. The molecule has 0 amide bonds. The average Bonchev–Trinajstić information content (AvgIpc) is 2.70. The van der Waals surface area contributed by atoms with Gasteiger partial charge in [-0.25, -0.2) is 0 Å². The van der Waals surface area contributed by atoms with Gasteiger partial charge in [-0.15, -0.1) is 0 Å². The molecule has 2 atom stereocenters. The predicted molar refractivity (Wildman–Crippen MR) is 53.5 cm³/mol. The minimum absolute atomic E-state index is 0.0281. The van der Waals surface area contributed by atoms with Crippen molar-refractivity contribution in [2.24, 2.45) is 17.1 Å². The second-order valence-corrected chi connectivity index (χ2v) is 5.35. The van der Waals surface area contributed by atoms with Gasteiger partial charge in [-0.05, 0) is 51.4 Å². The number of nitrogens with two attached hydrogens (primary N) is 1. The van der Waals surface area contributed by atoms with Crippen LogP contribution in [0.15, 0.2) is 0 Å². The summed E-state index contributed by atoms with van der Waals surface area (Å²) < 4.78 is 5.63. The molecule has 0 bridgehead atoms. The Labute approximate surface area is 80.8 Å². The van der Waals surface area contributed by atoms with Gasteiger partial charge in [0, 0.05) is 12.1 Å². The number of hydrogen-bond donors (Lipinski definition) is 1. The molecule has 2 aliphatic rings. The maximum Gasteiger partial charge on any atom is 0.0581 e. The molecule has 1 saturated heterocycles. The molecule has 13 heavy (non-hydrogen) atoms. The van der Waals surface area contributed by atoms with E-state index in [1.807, 2.05) is 0 Å². The van der Waals surface area contributed by atoms with Crippen molar-refractivity contribution in [1.82, 2.24) is 0 Å². The van der Waals surface area contributed by atoms with Crippen LogP contribution in [0.1, 0.15) is 40.0 Å². The van der Waals surface area contributed by atoms with Crippen molar-refractivity contribution < 1.29 is 4.74 Å². The second kappa shape index (κ2) is 2.71. The van der Waals surface area contributed by atoms with Crippen LogP contribution in [0, 0.1) is 11.3 Å². The van der Waals surface area contributed by atoms with Crippen LogP contribution < -0.4 is 5.73 Å². The minimum atomic E-state index is -0.0281. The molecule has 0 aromatic rings. The molecule has 2 heteroatoms. The molecule has 0 aromatic heterocycles. The zero-order chi connectivity index (χ0) is 9.69. The minimum Gasteiger partial charge on any atom is -0.378 e. The molecular weight excluding hydrogens is 162 g/mol. The molecule has 0 radical (unpaired) electrons. The topological polar surface area (TPSA) is 35.2 Å². The summed E-state index contributed by atoms with van der Waals surface area (Å²) in [4.78, 5) is 0. The normalized spacial score (nSPS) is 37.8. The summed E-state index contributed by atoms with van der Waals surface area (Å²) in [5, 5.41) is 0. The van der Waals surface area contributed by atoms with E-state index in [2.05, 4.69) is 20.8 Å². The summed E-state index contributed by atoms with van der Waals surface area (Å²) >= 11 is 0. The van der Waals surface area contributed by atoms with Crippen LogP contribution in [0.25, 0.3) is 0 Å². The fourth-order valence-corrected chi connectivity index (χ4v) is 3.08. The number of rotatable bonds is 2. The first kappa shape index (κ1) is 9.47. The van der Waals surface area contributed by atoms with Crippen LogP contribution in [0.2, 0.25) is 0 Å². The second-order valence-electron chi connectivity index (χ2n) is 5.35. The first-order valence-corrected chi connectivity index (χ1v) is 5.38. The van der Waals surface area contributed by atoms with Crippen LogP contribution >= 0.6 is 0 Å². The van der Waals surface area contributed by atoms with Crippen LogP contribution in [0.4, 0.5) is 0 Å². The first-order valence-electron chi connectivity index (χ1n) is 5.38. The highest BCUT2D eigenvalue weighted by atomic mass is 16.5. The molecule has 1 saturated carbocycles. The zero-order valence-electron chi connectivity index (χ0n) is 8.97. The molecule has 76 valence electrons. The third kappa shape index (κ3) is 1.31. The maximum absolute atomic E-state index is 6.26. The quantitative estimate of drug-likeness (QED) is 0.710. The largest absolute Gasteiger partial charge is 0.378 e. The third-order valence-electron chi connectivity index (χ3n) is 4.16. The molecule has 1 aliphatic carbocycles. The Bertz CT molecular complexity index is 203. The van der Waals surface area contributed by atoms with Crippen LogP contribution in [-0.4, -0.2) is 18.2 Å². The lowest BCUT2D eigenvalue weighted by molar-refractivity contribution is 0.0660. The van der Waals surface area contributed by atoms with E-state index in [1.165, 1.54) is 19.3 Å². The lowest BCUT2D eigenvalue weighted by Gasteiger charge is -2.37. The molecular formula is C11H21NO. The highest BCUT2D eigenvalue weighted by Gasteiger charge is 2.59. The van der Waals surface area contributed by atoms with E-state index >= 15 is 0 Å². The number of ether oxygens (including phenoxy) is 1. The van der Waals surface area contributed by atoms with E-state index in [1.54, 1.807) is 0 Å². The highest BCUT2D eigenvalue weighted by molar-refractivity contribution is 5.12. The highest BCUT2D eigenvalue weighted by Crippen LogP contribution is 2.61. The maximum atomic E-state index is 6.26. The van der Waals surface area contributed by atoms with Gasteiger partial charge in [0.1, 0.15) is 0 Å². The fourth-order valence-electron chi connectivity index (χ4n) is 3.08. The van der Waals surface area contributed by atoms with E-state index in [0.29, 0.717) is 17.4 Å². The van der Waals surface area contributed by atoms with Crippen molar-refractivity contribution >= 4 is 0 Å². The molecule has 0 spiro atoms. The smallest absolute Gasteiger partial charge is 0.0581 e. The molecule has 1 aliphatic heterocycles. The van der Waals surface area contributed by atoms with Crippen molar-refractivity contribution in [3.05, 3.63) is 0 Å². The number of hydrogen-bond acceptors (Lipinski definition) is 2. The fraction of sp³-hybridized carbons (Fsp3) is 1.00. The van der Waals surface area contributed by atoms with Crippen molar-refractivity contribution in [3.63, 3.8) is 0 Å². The SMILES string of the molecule is CC1OCCC1C1(C(C)(C)N)CC1. The molecule has 2 N–H and O–H groups in total. The Morgan fingerprint density at radius 3 is 2.31 bits per heavy atom. The summed E-state index contributed by atoms with van der Waals surface area (Å²) in [5.41, 5.74) is 6.63. The van der Waals surface area contributed by atoms with Gasteiger partial charge in [0.25, 0.3) is 0 Å². The summed E-state index contributed by atoms with van der Waals surface area (Å²) in [6.45, 7) is 7.48. The van der Waals surface area contributed by atoms with Crippen molar-refractivity contribution in [1.29, 1.82) is 0 Å². The van der Waals surface area contributed by atoms with Gasteiger partial charge in [0.2, 0.25) is 0 Å². The summed E-state index contributed by atoms with van der Waals surface area (Å²) in [6, 6.07) is 0. The third-order valence-corrected chi connectivity index (χ3v) is 4.16. The average molecular weight is 183 g/mol. The van der Waals surface area contributed by atoms with Gasteiger partial charge in [0.05, 0.1) is 6.10 Å². The van der Waals surface area contributed by atoms with Crippen LogP contribution in [-0.2, 0) is 4.74 Å². The van der Waals surface area contributed by atoms with Gasteiger partial charge in [-0.2, -0.15) is 0 Å². The van der Waals surface area contributed by atoms with E-state index in [4.69, 9.17) is 10.5 Å². The Balaban J connectivity index is 2.15. The van der Waals surface area contributed by atoms with Gasteiger partial charge in [-0.1, -0.05) is 0 Å². The molecule has 2 unspecified atom stereocenters. The van der Waals surface area contributed by atoms with Gasteiger partial charge < -0.3 is 10.5 Å². The summed E-state index contributed by atoms with van der Waals surface area (Å²) in [6.07, 6.45) is 4.23. The lowest BCUT2D eigenvalue weighted by atomic mass is 9.72. The standard InChI is InChI=1S/C11H21NO/c1-8-9(4-7-13-8)11(5-6-11)10(2,3)12/h8-9H,4-7,12H2,1-3H3. The summed E-state index contributed by atoms with van der Waals surface area (Å²) in [7, 11) is 0. The van der Waals surface area contributed by atoms with Gasteiger partial charge in [-0.3, -0.25) is 0 Å². The molecule has 2 rings (SSSR count). The Kier molecular flexibility index (Phi) is 1.97. The monoisotopic (exact) mass is 183 g/mol. The predicted octanol–water partition coefficient (Wildman–Crippen LogP) is 1.93. The van der Waals surface area contributed by atoms with Crippen LogP contribution in [0.3, 0.4) is 0 Å². The molecule has 1 heterocycles. The van der Waals surface area contributed by atoms with Crippen LogP contribution in [0.5, 0.6) is 0 Å². The Hall–Kier alpha value is -0.0800. The van der Waals surface area contributed by atoms with E-state index in [-0.39, 0.29) is 5.54 Å². The van der Waals surface area contributed by atoms with Crippen molar-refractivity contribution in [3.8, 4) is 0 Å². The van der Waals surface area contributed by atoms with E-state index in [9.17, 15) is 0 Å². The zero-order valence-corrected chi connectivity index (χ0v) is 8.97. The van der Waals surface area contributed by atoms with Crippen molar-refractivity contribution in [2.45, 2.75) is 51.7 Å². The van der Waals surface area contributed by atoms with Crippen molar-refractivity contribution in [2.75, 3.05) is 6.61 Å². The first-order chi connectivity index (χ1) is 5.97. The Morgan fingerprint density at radius 2 is 2.00 bits per heavy atom. The molecule has 2 fully saturated rings.